The van der Waals surface area contributed by atoms with E-state index in [4.69, 9.17) is 9.97 Å². The molecule has 0 spiro atoms. The summed E-state index contributed by atoms with van der Waals surface area (Å²) in [6.45, 7) is 19.2. The Labute approximate surface area is 293 Å². The molecular formula is C36H46Cl3CrN4. The van der Waals surface area contributed by atoms with Gasteiger partial charge in [0.25, 0.3) is 0 Å². The minimum absolute atomic E-state index is 0. The van der Waals surface area contributed by atoms with Crippen molar-refractivity contribution < 1.29 is 54.6 Å². The third-order valence-electron chi connectivity index (χ3n) is 8.85. The Morgan fingerprint density at radius 2 is 1.14 bits per heavy atom. The molecule has 8 bridgehead atoms. The van der Waals surface area contributed by atoms with E-state index in [0.717, 1.165) is 68.4 Å². The van der Waals surface area contributed by atoms with E-state index in [-0.39, 0.29) is 54.6 Å². The van der Waals surface area contributed by atoms with Crippen molar-refractivity contribution in [3.8, 4) is 0 Å². The van der Waals surface area contributed by atoms with Gasteiger partial charge in [-0.15, -0.1) is 0 Å². The van der Waals surface area contributed by atoms with E-state index in [9.17, 15) is 0 Å². The molecule has 3 aromatic rings. The van der Waals surface area contributed by atoms with Crippen molar-refractivity contribution in [1.82, 2.24) is 19.5 Å². The Hall–Kier alpha value is -2.00. The van der Waals surface area contributed by atoms with E-state index in [2.05, 4.69) is 95.3 Å². The summed E-state index contributed by atoms with van der Waals surface area (Å²) >= 11 is 0. The normalized spacial score (nSPS) is 11.9. The summed E-state index contributed by atoms with van der Waals surface area (Å²) in [5, 5.41) is 0. The second-order valence-electron chi connectivity index (χ2n) is 10.8. The van der Waals surface area contributed by atoms with E-state index in [1.807, 2.05) is 0 Å². The second-order valence-corrected chi connectivity index (χ2v) is 10.8. The standard InChI is InChI=1S/C36H46N4.3ClH.Cr/c1-9-22-19-25-20-23-17-18-24(37-23)21-32-26(10-2)29(13-5)36(40(32)16-8)31(15-7)35-28(12-4)27(11-3)34(39-35)30(14-6)33(22)38-25;;;;/h17-21,38H,9-16H2,1-8H3;3*1H;/q;;;;+3/p-3. The van der Waals surface area contributed by atoms with Gasteiger partial charge >= 0.3 is 17.4 Å². The molecule has 0 saturated carbocycles. The Morgan fingerprint density at radius 3 is 1.64 bits per heavy atom. The number of fused-ring (bicyclic) bond motifs is 8. The monoisotopic (exact) mass is 691 g/mol. The zero-order valence-electron chi connectivity index (χ0n) is 27.4. The van der Waals surface area contributed by atoms with Crippen LogP contribution in [-0.4, -0.2) is 19.5 Å². The Bertz CT molecular complexity index is 1700. The number of hydrogen-bond acceptors (Lipinski definition) is 2. The number of aromatic nitrogens is 4. The predicted molar refractivity (Wildman–Crippen MR) is 174 cm³/mol. The van der Waals surface area contributed by atoms with Gasteiger partial charge in [-0.1, -0.05) is 48.5 Å². The quantitative estimate of drug-likeness (QED) is 0.293. The fourth-order valence-corrected chi connectivity index (χ4v) is 7.06. The van der Waals surface area contributed by atoms with Gasteiger partial charge in [-0.05, 0) is 110 Å². The van der Waals surface area contributed by atoms with Crippen LogP contribution in [0.2, 0.25) is 0 Å². The van der Waals surface area contributed by atoms with Crippen molar-refractivity contribution >= 4 is 45.4 Å². The maximum Gasteiger partial charge on any atom is 3.00 e. The smallest absolute Gasteiger partial charge is 1.00 e. The van der Waals surface area contributed by atoms with Gasteiger partial charge in [0.1, 0.15) is 0 Å². The Kier molecular flexibility index (Phi) is 15.5. The van der Waals surface area contributed by atoms with Crippen LogP contribution in [0.25, 0.3) is 45.4 Å². The summed E-state index contributed by atoms with van der Waals surface area (Å²) in [6.07, 6.45) is 11.2. The minimum atomic E-state index is 0. The topological polar surface area (TPSA) is 46.5 Å². The first-order chi connectivity index (χ1) is 19.5. The Morgan fingerprint density at radius 1 is 0.591 bits per heavy atom. The number of allylic oxidation sites excluding steroid dienone is 2. The maximum atomic E-state index is 5.61. The van der Waals surface area contributed by atoms with E-state index in [0.29, 0.717) is 0 Å². The molecule has 237 valence electrons. The molecule has 1 N–H and O–H groups in total. The van der Waals surface area contributed by atoms with Crippen molar-refractivity contribution in [3.05, 3.63) is 68.8 Å². The second kappa shape index (κ2) is 17.1. The summed E-state index contributed by atoms with van der Waals surface area (Å²) in [5.74, 6) is 0. The average Bonchev–Trinajstić information content (AvgIpc) is 3.73. The molecule has 0 unspecified atom stereocenters. The van der Waals surface area contributed by atoms with Crippen LogP contribution < -0.4 is 37.2 Å². The van der Waals surface area contributed by atoms with Crippen LogP contribution in [0.4, 0.5) is 0 Å². The molecule has 0 fully saturated rings. The molecule has 4 nitrogen and oxygen atoms in total. The molecule has 2 aliphatic rings. The number of halogens is 3. The van der Waals surface area contributed by atoms with Crippen LogP contribution in [0.5, 0.6) is 0 Å². The number of hydrogen-bond donors (Lipinski definition) is 1. The first-order valence-corrected chi connectivity index (χ1v) is 15.7. The summed E-state index contributed by atoms with van der Waals surface area (Å²) in [5.41, 5.74) is 19.3. The number of rotatable bonds is 8. The number of nitrogens with one attached hydrogen (secondary N) is 1. The molecule has 1 radical (unpaired) electrons. The molecule has 5 rings (SSSR count). The maximum absolute atomic E-state index is 5.61. The third-order valence-corrected chi connectivity index (χ3v) is 8.85. The van der Waals surface area contributed by atoms with Crippen LogP contribution >= 0.6 is 0 Å². The van der Waals surface area contributed by atoms with Gasteiger partial charge in [-0.2, -0.15) is 0 Å². The van der Waals surface area contributed by atoms with Gasteiger partial charge < -0.3 is 46.8 Å². The number of nitrogens with zero attached hydrogens (tertiary/aromatic N) is 3. The zero-order chi connectivity index (χ0) is 28.6. The summed E-state index contributed by atoms with van der Waals surface area (Å²) in [7, 11) is 0. The summed E-state index contributed by atoms with van der Waals surface area (Å²) in [4.78, 5) is 14.4. The van der Waals surface area contributed by atoms with E-state index in [1.54, 1.807) is 0 Å². The van der Waals surface area contributed by atoms with Gasteiger partial charge in [0.05, 0.1) is 28.3 Å². The molecule has 0 atom stereocenters. The summed E-state index contributed by atoms with van der Waals surface area (Å²) in [6, 6.07) is 6.80. The van der Waals surface area contributed by atoms with E-state index in [1.165, 1.54) is 66.9 Å². The van der Waals surface area contributed by atoms with E-state index < -0.39 is 0 Å². The molecule has 8 heteroatoms. The molecule has 0 aliphatic carbocycles. The first kappa shape index (κ1) is 40.0. The van der Waals surface area contributed by atoms with Gasteiger partial charge in [-0.25, -0.2) is 9.97 Å². The minimum Gasteiger partial charge on any atom is -1.00 e. The van der Waals surface area contributed by atoms with Gasteiger partial charge in [0, 0.05) is 34.2 Å². The molecule has 2 aliphatic heterocycles. The van der Waals surface area contributed by atoms with Crippen LogP contribution in [-0.2, 0) is 56.0 Å². The molecule has 0 aromatic carbocycles. The van der Waals surface area contributed by atoms with Gasteiger partial charge in [0.2, 0.25) is 0 Å². The number of aromatic amines is 1. The SMILES string of the molecule is CCC1=C(CC)c2nc1c(CC)c1[nH]c(cc3nc(cc4c(CC)c(CC)c(c2CC)n4CC)C=C3)cc1CC.[Cl-].[Cl-].[Cl-].[Cr+3]. The molecular weight excluding hydrogens is 647 g/mol. The van der Waals surface area contributed by atoms with Gasteiger partial charge in [0.15, 0.2) is 0 Å². The number of H-pyrrole nitrogens is 1. The average molecular weight is 693 g/mol. The van der Waals surface area contributed by atoms with Crippen LogP contribution in [0.3, 0.4) is 0 Å². The fourth-order valence-electron chi connectivity index (χ4n) is 7.06. The predicted octanol–water partition coefficient (Wildman–Crippen LogP) is 0.531. The molecule has 0 amide bonds. The van der Waals surface area contributed by atoms with Crippen molar-refractivity contribution in [2.75, 3.05) is 0 Å². The van der Waals surface area contributed by atoms with Crippen molar-refractivity contribution in [3.63, 3.8) is 0 Å². The van der Waals surface area contributed by atoms with Crippen LogP contribution in [0, 0.1) is 0 Å². The van der Waals surface area contributed by atoms with Crippen LogP contribution in [0.1, 0.15) is 119 Å². The van der Waals surface area contributed by atoms with E-state index >= 15 is 0 Å². The van der Waals surface area contributed by atoms with Crippen molar-refractivity contribution in [2.45, 2.75) is 107 Å². The van der Waals surface area contributed by atoms with Crippen molar-refractivity contribution in [2.24, 2.45) is 0 Å². The molecule has 3 aromatic heterocycles. The molecule has 44 heavy (non-hydrogen) atoms. The summed E-state index contributed by atoms with van der Waals surface area (Å²) < 4.78 is 2.55. The largest absolute Gasteiger partial charge is 3.00 e. The van der Waals surface area contributed by atoms with Crippen molar-refractivity contribution in [1.29, 1.82) is 0 Å². The zero-order valence-corrected chi connectivity index (χ0v) is 31.0. The third kappa shape index (κ3) is 6.74. The Balaban J connectivity index is 0.00000242. The first-order valence-electron chi connectivity index (χ1n) is 15.7. The number of aryl methyl sites for hydroxylation is 6. The fraction of sp³-hybridized carbons (Fsp3) is 0.444. The molecule has 0 saturated heterocycles. The van der Waals surface area contributed by atoms with Crippen LogP contribution in [0.15, 0.2) is 18.2 Å². The van der Waals surface area contributed by atoms with Gasteiger partial charge in [-0.3, -0.25) is 0 Å². The molecule has 5 heterocycles.